The average molecular weight is 390 g/mol. The first-order valence-corrected chi connectivity index (χ1v) is 9.01. The molecule has 0 aliphatic heterocycles. The fourth-order valence-corrected chi connectivity index (χ4v) is 2.53. The summed E-state index contributed by atoms with van der Waals surface area (Å²) in [5.41, 5.74) is 1.80. The highest BCUT2D eigenvalue weighted by Crippen LogP contribution is 2.14. The fraction of sp³-hybridized carbons (Fsp3) is 0.0833. The van der Waals surface area contributed by atoms with Crippen LogP contribution in [0, 0.1) is 5.82 Å². The van der Waals surface area contributed by atoms with E-state index in [9.17, 15) is 14.0 Å². The highest BCUT2D eigenvalue weighted by Gasteiger charge is 2.22. The molecule has 0 N–H and O–H groups in total. The topological polar surface area (TPSA) is 52.6 Å². The SMILES string of the molecule is O=C(OCc1ccccc1)C(=Cc1ccc(F)cc1)C(=O)OCc1ccccc1. The number of halogens is 1. The van der Waals surface area contributed by atoms with Gasteiger partial charge in [-0.05, 0) is 34.9 Å². The van der Waals surface area contributed by atoms with Crippen molar-refractivity contribution in [3.63, 3.8) is 0 Å². The van der Waals surface area contributed by atoms with Crippen molar-refractivity contribution < 1.29 is 23.5 Å². The van der Waals surface area contributed by atoms with Gasteiger partial charge in [0.1, 0.15) is 24.6 Å². The molecule has 3 aromatic rings. The molecule has 0 atom stereocenters. The largest absolute Gasteiger partial charge is 0.457 e. The van der Waals surface area contributed by atoms with Gasteiger partial charge in [-0.2, -0.15) is 0 Å². The number of benzene rings is 3. The van der Waals surface area contributed by atoms with Crippen molar-refractivity contribution in [2.45, 2.75) is 13.2 Å². The summed E-state index contributed by atoms with van der Waals surface area (Å²) in [6.07, 6.45) is 1.33. The van der Waals surface area contributed by atoms with E-state index in [0.717, 1.165) is 11.1 Å². The maximum atomic E-state index is 13.2. The average Bonchev–Trinajstić information content (AvgIpc) is 2.77. The zero-order valence-corrected chi connectivity index (χ0v) is 15.6. The minimum absolute atomic E-state index is 0.0202. The normalized spacial score (nSPS) is 10.1. The molecule has 0 aliphatic rings. The summed E-state index contributed by atoms with van der Waals surface area (Å²) in [7, 11) is 0. The summed E-state index contributed by atoms with van der Waals surface area (Å²) in [6, 6.07) is 23.7. The second kappa shape index (κ2) is 9.99. The number of esters is 2. The first-order valence-electron chi connectivity index (χ1n) is 9.01. The highest BCUT2D eigenvalue weighted by molar-refractivity contribution is 6.17. The summed E-state index contributed by atoms with van der Waals surface area (Å²) in [6.45, 7) is 0.0405. The Morgan fingerprint density at radius 3 is 1.59 bits per heavy atom. The second-order valence-corrected chi connectivity index (χ2v) is 6.23. The van der Waals surface area contributed by atoms with Gasteiger partial charge in [0.2, 0.25) is 0 Å². The van der Waals surface area contributed by atoms with Crippen LogP contribution in [0.25, 0.3) is 6.08 Å². The highest BCUT2D eigenvalue weighted by atomic mass is 19.1. The first kappa shape index (κ1) is 20.0. The Morgan fingerprint density at radius 1 is 0.690 bits per heavy atom. The monoisotopic (exact) mass is 390 g/mol. The van der Waals surface area contributed by atoms with E-state index >= 15 is 0 Å². The first-order chi connectivity index (χ1) is 14.1. The molecule has 0 saturated carbocycles. The fourth-order valence-electron chi connectivity index (χ4n) is 2.53. The van der Waals surface area contributed by atoms with Crippen LogP contribution in [0.3, 0.4) is 0 Å². The molecule has 0 fully saturated rings. The van der Waals surface area contributed by atoms with Crippen molar-refractivity contribution >= 4 is 18.0 Å². The Labute approximate surface area is 168 Å². The molecule has 3 aromatic carbocycles. The van der Waals surface area contributed by atoms with Crippen molar-refractivity contribution in [2.75, 3.05) is 0 Å². The van der Waals surface area contributed by atoms with Crippen LogP contribution >= 0.6 is 0 Å². The van der Waals surface area contributed by atoms with E-state index in [-0.39, 0.29) is 18.8 Å². The van der Waals surface area contributed by atoms with Gasteiger partial charge >= 0.3 is 11.9 Å². The molecule has 3 rings (SSSR count). The van der Waals surface area contributed by atoms with Crippen LogP contribution in [-0.4, -0.2) is 11.9 Å². The van der Waals surface area contributed by atoms with Crippen LogP contribution in [0.15, 0.2) is 90.5 Å². The van der Waals surface area contributed by atoms with Crippen LogP contribution in [0.2, 0.25) is 0 Å². The van der Waals surface area contributed by atoms with E-state index in [1.807, 2.05) is 60.7 Å². The van der Waals surface area contributed by atoms with Crippen LogP contribution < -0.4 is 0 Å². The number of ether oxygens (including phenoxy) is 2. The molecule has 5 heteroatoms. The zero-order chi connectivity index (χ0) is 20.5. The van der Waals surface area contributed by atoms with E-state index in [4.69, 9.17) is 9.47 Å². The number of hydrogen-bond acceptors (Lipinski definition) is 4. The lowest BCUT2D eigenvalue weighted by atomic mass is 10.1. The van der Waals surface area contributed by atoms with Crippen LogP contribution in [-0.2, 0) is 32.3 Å². The Balaban J connectivity index is 1.75. The predicted molar refractivity (Wildman–Crippen MR) is 107 cm³/mol. The van der Waals surface area contributed by atoms with Gasteiger partial charge in [-0.1, -0.05) is 72.8 Å². The molecule has 0 heterocycles. The van der Waals surface area contributed by atoms with Crippen molar-refractivity contribution in [1.29, 1.82) is 0 Å². The lowest BCUT2D eigenvalue weighted by molar-refractivity contribution is -0.148. The van der Waals surface area contributed by atoms with Crippen molar-refractivity contribution in [2.24, 2.45) is 0 Å². The van der Waals surface area contributed by atoms with Gasteiger partial charge in [0.05, 0.1) is 0 Å². The number of rotatable bonds is 7. The summed E-state index contributed by atoms with van der Waals surface area (Å²) >= 11 is 0. The predicted octanol–water partition coefficient (Wildman–Crippen LogP) is 4.70. The molecular formula is C24H19FO4. The van der Waals surface area contributed by atoms with Crippen molar-refractivity contribution in [1.82, 2.24) is 0 Å². The third-order valence-corrected chi connectivity index (χ3v) is 4.05. The summed E-state index contributed by atoms with van der Waals surface area (Å²) < 4.78 is 23.7. The lowest BCUT2D eigenvalue weighted by Crippen LogP contribution is -2.18. The Bertz CT molecular complexity index is 923. The van der Waals surface area contributed by atoms with E-state index < -0.39 is 17.8 Å². The molecule has 0 radical (unpaired) electrons. The van der Waals surface area contributed by atoms with Crippen LogP contribution in [0.1, 0.15) is 16.7 Å². The van der Waals surface area contributed by atoms with E-state index in [0.29, 0.717) is 5.56 Å². The van der Waals surface area contributed by atoms with Gasteiger partial charge in [0.25, 0.3) is 0 Å². The molecule has 0 saturated heterocycles. The lowest BCUT2D eigenvalue weighted by Gasteiger charge is -2.10. The molecule has 4 nitrogen and oxygen atoms in total. The molecular weight excluding hydrogens is 371 g/mol. The third-order valence-electron chi connectivity index (χ3n) is 4.05. The molecule has 0 aromatic heterocycles. The van der Waals surface area contributed by atoms with E-state index in [1.165, 1.54) is 30.3 Å². The smallest absolute Gasteiger partial charge is 0.345 e. The minimum atomic E-state index is -0.809. The molecule has 0 bridgehead atoms. The van der Waals surface area contributed by atoms with Gasteiger partial charge in [-0.25, -0.2) is 14.0 Å². The number of carbonyl (C=O) groups excluding carboxylic acids is 2. The molecule has 0 amide bonds. The quantitative estimate of drug-likeness (QED) is 0.254. The van der Waals surface area contributed by atoms with Gasteiger partial charge in [-0.15, -0.1) is 0 Å². The molecule has 146 valence electrons. The Morgan fingerprint density at radius 2 is 1.14 bits per heavy atom. The van der Waals surface area contributed by atoms with Crippen molar-refractivity contribution in [3.8, 4) is 0 Å². The maximum absolute atomic E-state index is 13.2. The van der Waals surface area contributed by atoms with Gasteiger partial charge in [0.15, 0.2) is 0 Å². The van der Waals surface area contributed by atoms with Gasteiger partial charge in [-0.3, -0.25) is 0 Å². The summed E-state index contributed by atoms with van der Waals surface area (Å²) in [5.74, 6) is -2.03. The number of hydrogen-bond donors (Lipinski definition) is 0. The number of carbonyl (C=O) groups is 2. The third kappa shape index (κ3) is 6.14. The van der Waals surface area contributed by atoms with E-state index in [2.05, 4.69) is 0 Å². The van der Waals surface area contributed by atoms with Gasteiger partial charge < -0.3 is 9.47 Å². The maximum Gasteiger partial charge on any atom is 0.345 e. The van der Waals surface area contributed by atoms with Gasteiger partial charge in [0, 0.05) is 0 Å². The minimum Gasteiger partial charge on any atom is -0.457 e. The zero-order valence-electron chi connectivity index (χ0n) is 15.6. The van der Waals surface area contributed by atoms with E-state index in [1.54, 1.807) is 0 Å². The molecule has 29 heavy (non-hydrogen) atoms. The van der Waals surface area contributed by atoms with Crippen molar-refractivity contribution in [3.05, 3.63) is 113 Å². The summed E-state index contributed by atoms with van der Waals surface area (Å²) in [5, 5.41) is 0. The Hall–Kier alpha value is -3.73. The Kier molecular flexibility index (Phi) is 6.90. The standard InChI is InChI=1S/C24H19FO4/c25-21-13-11-18(12-14-21)15-22(23(26)28-16-19-7-3-1-4-8-19)24(27)29-17-20-9-5-2-6-10-20/h1-15H,16-17H2. The molecule has 0 aliphatic carbocycles. The molecule has 0 spiro atoms. The summed E-state index contributed by atoms with van der Waals surface area (Å²) in [4.78, 5) is 25.2. The van der Waals surface area contributed by atoms with Crippen LogP contribution in [0.5, 0.6) is 0 Å². The molecule has 0 unspecified atom stereocenters. The van der Waals surface area contributed by atoms with Crippen LogP contribution in [0.4, 0.5) is 4.39 Å². The second-order valence-electron chi connectivity index (χ2n) is 6.23.